The van der Waals surface area contributed by atoms with E-state index >= 15 is 0 Å². The Hall–Kier alpha value is -2.28. The smallest absolute Gasteiger partial charge is 0.332 e. The minimum atomic E-state index is -1.02. The molecular weight excluding hydrogens is 254 g/mol. The highest BCUT2D eigenvalue weighted by atomic mass is 16.5. The number of carbonyl (C=O) groups excluding carboxylic acids is 2. The lowest BCUT2D eigenvalue weighted by molar-refractivity contribution is -0.150. The van der Waals surface area contributed by atoms with Crippen molar-refractivity contribution in [1.29, 1.82) is 0 Å². The Morgan fingerprint density at radius 3 is 2.65 bits per heavy atom. The fourth-order valence-electron chi connectivity index (χ4n) is 2.36. The molecule has 1 aliphatic rings. The van der Waals surface area contributed by atoms with Gasteiger partial charge in [-0.05, 0) is 25.5 Å². The van der Waals surface area contributed by atoms with Crippen molar-refractivity contribution in [2.75, 3.05) is 7.11 Å². The molecule has 4 nitrogen and oxygen atoms in total. The summed E-state index contributed by atoms with van der Waals surface area (Å²) in [6, 6.07) is 9.53. The second-order valence-electron chi connectivity index (χ2n) is 4.87. The molecule has 0 aliphatic carbocycles. The molecule has 1 heterocycles. The van der Waals surface area contributed by atoms with Crippen molar-refractivity contribution in [3.05, 3.63) is 35.9 Å². The average Bonchev–Trinajstić information content (AvgIpc) is 2.88. The first-order valence-electron chi connectivity index (χ1n) is 6.54. The molecule has 1 fully saturated rings. The molecule has 0 aromatic heterocycles. The number of carbonyl (C=O) groups is 2. The van der Waals surface area contributed by atoms with Crippen LogP contribution in [0.15, 0.2) is 30.3 Å². The van der Waals surface area contributed by atoms with E-state index in [1.807, 2.05) is 37.3 Å². The van der Waals surface area contributed by atoms with Crippen LogP contribution in [-0.4, -0.2) is 24.5 Å². The summed E-state index contributed by atoms with van der Waals surface area (Å²) in [4.78, 5) is 23.5. The van der Waals surface area contributed by atoms with Crippen molar-refractivity contribution < 1.29 is 14.3 Å². The van der Waals surface area contributed by atoms with Gasteiger partial charge in [-0.15, -0.1) is 0 Å². The summed E-state index contributed by atoms with van der Waals surface area (Å²) < 4.78 is 4.84. The van der Waals surface area contributed by atoms with Crippen molar-refractivity contribution in [2.24, 2.45) is 5.92 Å². The van der Waals surface area contributed by atoms with E-state index in [4.69, 9.17) is 4.74 Å². The van der Waals surface area contributed by atoms with Gasteiger partial charge in [0.2, 0.25) is 5.91 Å². The minimum absolute atomic E-state index is 0.135. The highest BCUT2D eigenvalue weighted by Gasteiger charge is 2.49. The molecule has 1 saturated heterocycles. The average molecular weight is 271 g/mol. The molecule has 0 radical (unpaired) electrons. The van der Waals surface area contributed by atoms with Crippen LogP contribution in [0.4, 0.5) is 0 Å². The molecule has 1 aromatic rings. The van der Waals surface area contributed by atoms with Crippen LogP contribution < -0.4 is 5.32 Å². The zero-order valence-corrected chi connectivity index (χ0v) is 11.6. The molecule has 2 atom stereocenters. The molecule has 2 rings (SSSR count). The lowest BCUT2D eigenvalue weighted by Crippen LogP contribution is -2.54. The topological polar surface area (TPSA) is 55.4 Å². The van der Waals surface area contributed by atoms with Gasteiger partial charge in [-0.25, -0.2) is 4.79 Å². The Morgan fingerprint density at radius 2 is 2.10 bits per heavy atom. The molecule has 1 amide bonds. The third-order valence-electron chi connectivity index (χ3n) is 3.60. The van der Waals surface area contributed by atoms with E-state index in [1.54, 1.807) is 0 Å². The summed E-state index contributed by atoms with van der Waals surface area (Å²) in [6.45, 7) is 1.83. The van der Waals surface area contributed by atoms with Gasteiger partial charge >= 0.3 is 5.97 Å². The number of benzene rings is 1. The number of rotatable bonds is 2. The van der Waals surface area contributed by atoms with E-state index in [2.05, 4.69) is 17.2 Å². The Balaban J connectivity index is 2.25. The maximum absolute atomic E-state index is 12.0. The fourth-order valence-corrected chi connectivity index (χ4v) is 2.36. The first kappa shape index (κ1) is 14.1. The van der Waals surface area contributed by atoms with Gasteiger partial charge in [0.15, 0.2) is 5.54 Å². The Bertz CT molecular complexity index is 570. The molecule has 4 heteroatoms. The van der Waals surface area contributed by atoms with Crippen molar-refractivity contribution >= 4 is 11.9 Å². The molecular formula is C16H17NO3. The third-order valence-corrected chi connectivity index (χ3v) is 3.60. The van der Waals surface area contributed by atoms with Crippen LogP contribution in [0.3, 0.4) is 0 Å². The first-order chi connectivity index (χ1) is 9.58. The predicted octanol–water partition coefficient (Wildman–Crippen LogP) is 1.50. The van der Waals surface area contributed by atoms with Gasteiger partial charge in [-0.3, -0.25) is 4.79 Å². The molecule has 1 aliphatic heterocycles. The van der Waals surface area contributed by atoms with E-state index < -0.39 is 11.5 Å². The van der Waals surface area contributed by atoms with E-state index in [1.165, 1.54) is 7.11 Å². The highest BCUT2D eigenvalue weighted by Crippen LogP contribution is 2.29. The summed E-state index contributed by atoms with van der Waals surface area (Å²) in [6.07, 6.45) is 0.746. The SMILES string of the molecule is COC(=O)[C@@]1([C@H](C)C#Cc2ccccc2)CCC(=O)N1. The number of methoxy groups -OCH3 is 1. The zero-order chi connectivity index (χ0) is 14.6. The number of nitrogens with one attached hydrogen (secondary N) is 1. The van der Waals surface area contributed by atoms with Gasteiger partial charge in [0.1, 0.15) is 0 Å². The lowest BCUT2D eigenvalue weighted by atomic mass is 9.84. The second kappa shape index (κ2) is 5.79. The minimum Gasteiger partial charge on any atom is -0.467 e. The van der Waals surface area contributed by atoms with E-state index in [0.717, 1.165) is 5.56 Å². The van der Waals surface area contributed by atoms with Crippen molar-refractivity contribution in [1.82, 2.24) is 5.32 Å². The van der Waals surface area contributed by atoms with E-state index in [0.29, 0.717) is 12.8 Å². The quantitative estimate of drug-likeness (QED) is 0.655. The number of amides is 1. The van der Waals surface area contributed by atoms with Crippen molar-refractivity contribution in [2.45, 2.75) is 25.3 Å². The third kappa shape index (κ3) is 2.67. The summed E-state index contributed by atoms with van der Waals surface area (Å²) in [5.74, 6) is 5.20. The molecule has 0 spiro atoms. The van der Waals surface area contributed by atoms with Gasteiger partial charge in [0, 0.05) is 12.0 Å². The summed E-state index contributed by atoms with van der Waals surface area (Å²) >= 11 is 0. The van der Waals surface area contributed by atoms with Crippen LogP contribution in [0.2, 0.25) is 0 Å². The number of esters is 1. The molecule has 0 saturated carbocycles. The normalized spacial score (nSPS) is 22.4. The summed E-state index contributed by atoms with van der Waals surface area (Å²) in [7, 11) is 1.33. The Labute approximate surface area is 118 Å². The highest BCUT2D eigenvalue weighted by molar-refractivity contribution is 5.92. The van der Waals surface area contributed by atoms with Gasteiger partial charge in [0.05, 0.1) is 13.0 Å². The summed E-state index contributed by atoms with van der Waals surface area (Å²) in [5.41, 5.74) is -0.142. The maximum atomic E-state index is 12.0. The van der Waals surface area contributed by atoms with Crippen LogP contribution in [0.25, 0.3) is 0 Å². The monoisotopic (exact) mass is 271 g/mol. The van der Waals surface area contributed by atoms with Crippen LogP contribution in [0.5, 0.6) is 0 Å². The van der Waals surface area contributed by atoms with Crippen molar-refractivity contribution in [3.8, 4) is 11.8 Å². The van der Waals surface area contributed by atoms with E-state index in [-0.39, 0.29) is 11.8 Å². The summed E-state index contributed by atoms with van der Waals surface area (Å²) in [5, 5.41) is 2.74. The van der Waals surface area contributed by atoms with Crippen LogP contribution in [0, 0.1) is 17.8 Å². The largest absolute Gasteiger partial charge is 0.467 e. The molecule has 0 unspecified atom stereocenters. The number of hydrogen-bond donors (Lipinski definition) is 1. The zero-order valence-electron chi connectivity index (χ0n) is 11.6. The van der Waals surface area contributed by atoms with Gasteiger partial charge in [0.25, 0.3) is 0 Å². The Kier molecular flexibility index (Phi) is 4.09. The predicted molar refractivity (Wildman–Crippen MR) is 74.6 cm³/mol. The molecule has 0 bridgehead atoms. The Morgan fingerprint density at radius 1 is 1.40 bits per heavy atom. The number of ether oxygens (including phenoxy) is 1. The maximum Gasteiger partial charge on any atom is 0.332 e. The van der Waals surface area contributed by atoms with E-state index in [9.17, 15) is 9.59 Å². The van der Waals surface area contributed by atoms with Crippen LogP contribution >= 0.6 is 0 Å². The number of hydrogen-bond acceptors (Lipinski definition) is 3. The standard InChI is InChI=1S/C16H17NO3/c1-12(8-9-13-6-4-3-5-7-13)16(15(19)20-2)11-10-14(18)17-16/h3-7,12H,10-11H2,1-2H3,(H,17,18)/t12-,16+/m1/s1. The molecule has 1 aromatic carbocycles. The lowest BCUT2D eigenvalue weighted by Gasteiger charge is -2.29. The first-order valence-corrected chi connectivity index (χ1v) is 6.54. The second-order valence-corrected chi connectivity index (χ2v) is 4.87. The van der Waals surface area contributed by atoms with Crippen LogP contribution in [-0.2, 0) is 14.3 Å². The van der Waals surface area contributed by atoms with Gasteiger partial charge in [-0.1, -0.05) is 30.0 Å². The fraction of sp³-hybridized carbons (Fsp3) is 0.375. The van der Waals surface area contributed by atoms with Crippen LogP contribution in [0.1, 0.15) is 25.3 Å². The molecule has 20 heavy (non-hydrogen) atoms. The molecule has 1 N–H and O–H groups in total. The van der Waals surface area contributed by atoms with Crippen molar-refractivity contribution in [3.63, 3.8) is 0 Å². The van der Waals surface area contributed by atoms with Gasteiger partial charge in [-0.2, -0.15) is 0 Å². The van der Waals surface area contributed by atoms with Gasteiger partial charge < -0.3 is 10.1 Å². The molecule has 104 valence electrons.